The highest BCUT2D eigenvalue weighted by molar-refractivity contribution is 7.96. The monoisotopic (exact) mass is 457 g/mol. The third-order valence-electron chi connectivity index (χ3n) is 6.03. The standard InChI is InChI=1S/C28H27NO3S/c29-18-8-14-25(19-22-9-3-1-4-10-22)33(30,31)26-17-16-24-13-7-15-28(27(24)20-26)32-21-23-11-5-2-6-12-23/h1-7,9-13,15,20,25H,8,14,16-17,19,21H2/t25-/m0/s1. The topological polar surface area (TPSA) is 67.2 Å². The van der Waals surface area contributed by atoms with Crippen molar-refractivity contribution >= 4 is 15.9 Å². The summed E-state index contributed by atoms with van der Waals surface area (Å²) in [4.78, 5) is 0.435. The van der Waals surface area contributed by atoms with E-state index in [0.717, 1.165) is 22.3 Å². The summed E-state index contributed by atoms with van der Waals surface area (Å²) >= 11 is 0. The van der Waals surface area contributed by atoms with Crippen molar-refractivity contribution in [2.75, 3.05) is 0 Å². The number of ether oxygens (including phenoxy) is 1. The van der Waals surface area contributed by atoms with E-state index < -0.39 is 15.1 Å². The maximum atomic E-state index is 13.7. The van der Waals surface area contributed by atoms with Gasteiger partial charge < -0.3 is 4.74 Å². The van der Waals surface area contributed by atoms with Gasteiger partial charge in [0.05, 0.1) is 11.3 Å². The van der Waals surface area contributed by atoms with Gasteiger partial charge in [0, 0.05) is 16.9 Å². The van der Waals surface area contributed by atoms with Gasteiger partial charge in [-0.25, -0.2) is 8.42 Å². The van der Waals surface area contributed by atoms with E-state index >= 15 is 0 Å². The molecule has 0 saturated heterocycles. The minimum atomic E-state index is -3.57. The largest absolute Gasteiger partial charge is 0.488 e. The van der Waals surface area contributed by atoms with Crippen LogP contribution in [0, 0.1) is 11.3 Å². The summed E-state index contributed by atoms with van der Waals surface area (Å²) in [6, 6.07) is 27.5. The molecule has 0 fully saturated rings. The number of benzene rings is 3. The number of nitriles is 1. The Kier molecular flexibility index (Phi) is 7.26. The third-order valence-corrected chi connectivity index (χ3v) is 8.36. The number of hydrogen-bond acceptors (Lipinski definition) is 4. The molecule has 33 heavy (non-hydrogen) atoms. The lowest BCUT2D eigenvalue weighted by Crippen LogP contribution is -2.26. The summed E-state index contributed by atoms with van der Waals surface area (Å²) in [6.45, 7) is 0.423. The SMILES string of the molecule is N#CCC[C@@H](Cc1ccccc1)S(=O)(=O)C1=Cc2c(cccc2OCc2ccccc2)CC1. The summed E-state index contributed by atoms with van der Waals surface area (Å²) in [5.74, 6) is 0.695. The van der Waals surface area contributed by atoms with Gasteiger partial charge in [-0.2, -0.15) is 5.26 Å². The highest BCUT2D eigenvalue weighted by Gasteiger charge is 2.31. The Labute approximate surface area is 196 Å². The lowest BCUT2D eigenvalue weighted by Gasteiger charge is -2.23. The molecule has 1 aliphatic carbocycles. The molecular weight excluding hydrogens is 430 g/mol. The fraction of sp³-hybridized carbons (Fsp3) is 0.250. The van der Waals surface area contributed by atoms with Crippen LogP contribution in [0.5, 0.6) is 5.75 Å². The second-order valence-electron chi connectivity index (χ2n) is 8.27. The highest BCUT2D eigenvalue weighted by Crippen LogP contribution is 2.36. The fourth-order valence-electron chi connectivity index (χ4n) is 4.23. The Morgan fingerprint density at radius 2 is 1.58 bits per heavy atom. The molecule has 168 valence electrons. The van der Waals surface area contributed by atoms with Crippen LogP contribution in [0.3, 0.4) is 0 Å². The van der Waals surface area contributed by atoms with E-state index in [2.05, 4.69) is 6.07 Å². The minimum absolute atomic E-state index is 0.214. The predicted molar refractivity (Wildman–Crippen MR) is 131 cm³/mol. The van der Waals surface area contributed by atoms with Crippen molar-refractivity contribution in [3.63, 3.8) is 0 Å². The Morgan fingerprint density at radius 3 is 2.27 bits per heavy atom. The fourth-order valence-corrected chi connectivity index (χ4v) is 6.17. The molecule has 0 aromatic heterocycles. The van der Waals surface area contributed by atoms with E-state index in [4.69, 9.17) is 10.00 Å². The van der Waals surface area contributed by atoms with Crippen LogP contribution in [0.4, 0.5) is 0 Å². The molecule has 0 unspecified atom stereocenters. The molecule has 0 amide bonds. The maximum Gasteiger partial charge on any atom is 0.177 e. The summed E-state index contributed by atoms with van der Waals surface area (Å²) in [6.07, 6.45) is 3.85. The van der Waals surface area contributed by atoms with Gasteiger partial charge in [-0.3, -0.25) is 0 Å². The number of nitrogens with zero attached hydrogens (tertiary/aromatic N) is 1. The molecule has 0 heterocycles. The van der Waals surface area contributed by atoms with Crippen molar-refractivity contribution in [2.24, 2.45) is 0 Å². The van der Waals surface area contributed by atoms with Crippen molar-refractivity contribution in [3.8, 4) is 11.8 Å². The normalized spacial score (nSPS) is 14.0. The lowest BCUT2D eigenvalue weighted by molar-refractivity contribution is 0.305. The van der Waals surface area contributed by atoms with Gasteiger partial charge >= 0.3 is 0 Å². The van der Waals surface area contributed by atoms with E-state index in [9.17, 15) is 8.42 Å². The molecule has 3 aromatic rings. The van der Waals surface area contributed by atoms with Crippen LogP contribution >= 0.6 is 0 Å². The van der Waals surface area contributed by atoms with Crippen LogP contribution in [0.2, 0.25) is 0 Å². The average molecular weight is 458 g/mol. The van der Waals surface area contributed by atoms with Gasteiger partial charge in [-0.15, -0.1) is 0 Å². The van der Waals surface area contributed by atoms with Crippen molar-refractivity contribution in [2.45, 2.75) is 44.0 Å². The van der Waals surface area contributed by atoms with Crippen LogP contribution < -0.4 is 4.74 Å². The van der Waals surface area contributed by atoms with Crippen molar-refractivity contribution in [3.05, 3.63) is 106 Å². The Hall–Kier alpha value is -3.36. The zero-order valence-corrected chi connectivity index (χ0v) is 19.3. The quantitative estimate of drug-likeness (QED) is 0.402. The van der Waals surface area contributed by atoms with E-state index in [1.165, 1.54) is 0 Å². The van der Waals surface area contributed by atoms with Gasteiger partial charge in [0.2, 0.25) is 0 Å². The van der Waals surface area contributed by atoms with Crippen molar-refractivity contribution in [1.29, 1.82) is 5.26 Å². The molecule has 0 bridgehead atoms. The second-order valence-corrected chi connectivity index (χ2v) is 10.5. The van der Waals surface area contributed by atoms with E-state index in [0.29, 0.717) is 42.9 Å². The smallest absolute Gasteiger partial charge is 0.177 e. The number of sulfone groups is 1. The molecule has 5 heteroatoms. The van der Waals surface area contributed by atoms with Crippen LogP contribution in [-0.4, -0.2) is 13.7 Å². The Morgan fingerprint density at radius 1 is 0.879 bits per heavy atom. The molecule has 0 spiro atoms. The molecule has 4 rings (SSSR count). The molecule has 0 radical (unpaired) electrons. The number of rotatable bonds is 9. The minimum Gasteiger partial charge on any atom is -0.488 e. The number of fused-ring (bicyclic) bond motifs is 1. The lowest BCUT2D eigenvalue weighted by atomic mass is 9.96. The maximum absolute atomic E-state index is 13.7. The Balaban J connectivity index is 1.62. The first-order chi connectivity index (χ1) is 16.1. The first-order valence-corrected chi connectivity index (χ1v) is 12.8. The number of aryl methyl sites for hydroxylation is 1. The van der Waals surface area contributed by atoms with Crippen molar-refractivity contribution < 1.29 is 13.2 Å². The molecule has 0 N–H and O–H groups in total. The molecule has 0 aliphatic heterocycles. The molecule has 3 aromatic carbocycles. The van der Waals surface area contributed by atoms with Gasteiger partial charge in [-0.05, 0) is 54.5 Å². The van der Waals surface area contributed by atoms with Gasteiger partial charge in [-0.1, -0.05) is 72.8 Å². The molecule has 4 nitrogen and oxygen atoms in total. The summed E-state index contributed by atoms with van der Waals surface area (Å²) in [5.41, 5.74) is 3.96. The zero-order valence-electron chi connectivity index (χ0n) is 18.5. The zero-order chi connectivity index (χ0) is 23.1. The van der Waals surface area contributed by atoms with E-state index in [1.807, 2.05) is 78.9 Å². The number of hydrogen-bond donors (Lipinski definition) is 0. The van der Waals surface area contributed by atoms with Gasteiger partial charge in [0.25, 0.3) is 0 Å². The van der Waals surface area contributed by atoms with Gasteiger partial charge in [0.15, 0.2) is 9.84 Å². The number of allylic oxidation sites excluding steroid dienone is 1. The summed E-state index contributed by atoms with van der Waals surface area (Å²) in [5, 5.41) is 8.48. The molecule has 0 saturated carbocycles. The average Bonchev–Trinajstić information content (AvgIpc) is 2.86. The van der Waals surface area contributed by atoms with Crippen LogP contribution in [0.25, 0.3) is 6.08 Å². The second kappa shape index (κ2) is 10.5. The van der Waals surface area contributed by atoms with Crippen LogP contribution in [-0.2, 0) is 29.3 Å². The highest BCUT2D eigenvalue weighted by atomic mass is 32.2. The van der Waals surface area contributed by atoms with Gasteiger partial charge in [0.1, 0.15) is 12.4 Å². The molecule has 1 atom stereocenters. The van der Waals surface area contributed by atoms with E-state index in [-0.39, 0.29) is 6.42 Å². The first kappa shape index (κ1) is 22.8. The summed E-state index contributed by atoms with van der Waals surface area (Å²) < 4.78 is 33.4. The first-order valence-electron chi connectivity index (χ1n) is 11.2. The third kappa shape index (κ3) is 5.53. The Bertz CT molecular complexity index is 1260. The van der Waals surface area contributed by atoms with E-state index in [1.54, 1.807) is 6.08 Å². The van der Waals surface area contributed by atoms with Crippen LogP contribution in [0.1, 0.15) is 41.5 Å². The van der Waals surface area contributed by atoms with Crippen molar-refractivity contribution in [1.82, 2.24) is 0 Å². The summed E-state index contributed by atoms with van der Waals surface area (Å²) in [7, 11) is -3.57. The predicted octanol–water partition coefficient (Wildman–Crippen LogP) is 5.88. The molecular formula is C28H27NO3S. The van der Waals surface area contributed by atoms with Crippen LogP contribution in [0.15, 0.2) is 83.8 Å². The molecule has 1 aliphatic rings.